The van der Waals surface area contributed by atoms with Gasteiger partial charge in [0.25, 0.3) is 11.7 Å². The van der Waals surface area contributed by atoms with Crippen molar-refractivity contribution in [2.24, 2.45) is 0 Å². The van der Waals surface area contributed by atoms with Gasteiger partial charge in [-0.1, -0.05) is 32.9 Å². The molecule has 0 fully saturated rings. The zero-order valence-electron chi connectivity index (χ0n) is 16.0. The van der Waals surface area contributed by atoms with E-state index in [9.17, 15) is 9.59 Å². The Hall–Kier alpha value is -3.29. The van der Waals surface area contributed by atoms with Crippen molar-refractivity contribution in [2.45, 2.75) is 40.0 Å². The van der Waals surface area contributed by atoms with E-state index in [1.165, 1.54) is 4.52 Å². The van der Waals surface area contributed by atoms with Crippen molar-refractivity contribution in [3.8, 4) is 0 Å². The Morgan fingerprint density at radius 3 is 2.22 bits per heavy atom. The molecule has 8 heteroatoms. The van der Waals surface area contributed by atoms with Crippen molar-refractivity contribution in [3.63, 3.8) is 0 Å². The van der Waals surface area contributed by atoms with Gasteiger partial charge in [0, 0.05) is 17.0 Å². The van der Waals surface area contributed by atoms with Crippen LogP contribution in [0.15, 0.2) is 30.3 Å². The molecule has 0 radical (unpaired) electrons. The van der Waals surface area contributed by atoms with Crippen LogP contribution < -0.4 is 10.9 Å². The Balaban J connectivity index is 1.68. The summed E-state index contributed by atoms with van der Waals surface area (Å²) in [5, 5.41) is 4.12. The number of aryl methyl sites for hydroxylation is 2. The SMILES string of the molecule is Cc1cc(C)n2nc(C(=O)NNC(=O)c3ccc(C(C)(C)C)cc3)nc2n1. The van der Waals surface area contributed by atoms with E-state index in [4.69, 9.17) is 0 Å². The van der Waals surface area contributed by atoms with Gasteiger partial charge in [0.05, 0.1) is 0 Å². The van der Waals surface area contributed by atoms with Gasteiger partial charge in [0.15, 0.2) is 0 Å². The van der Waals surface area contributed by atoms with Crippen molar-refractivity contribution >= 4 is 17.6 Å². The number of hydrazine groups is 1. The summed E-state index contributed by atoms with van der Waals surface area (Å²) in [5.74, 6) is -0.767. The lowest BCUT2D eigenvalue weighted by Crippen LogP contribution is -2.42. The maximum Gasteiger partial charge on any atom is 0.309 e. The molecule has 2 aromatic heterocycles. The van der Waals surface area contributed by atoms with Crippen LogP contribution in [0.5, 0.6) is 0 Å². The molecular formula is C19H22N6O2. The summed E-state index contributed by atoms with van der Waals surface area (Å²) in [5.41, 5.74) is 7.87. The molecule has 27 heavy (non-hydrogen) atoms. The molecule has 0 atom stereocenters. The Bertz CT molecular complexity index is 1020. The number of nitrogens with one attached hydrogen (secondary N) is 2. The average molecular weight is 366 g/mol. The first-order valence-corrected chi connectivity index (χ1v) is 8.57. The summed E-state index contributed by atoms with van der Waals surface area (Å²) >= 11 is 0. The minimum Gasteiger partial charge on any atom is -0.267 e. The number of carbonyl (C=O) groups excluding carboxylic acids is 2. The lowest BCUT2D eigenvalue weighted by atomic mass is 9.87. The molecule has 0 unspecified atom stereocenters. The quantitative estimate of drug-likeness (QED) is 0.677. The third-order valence-electron chi connectivity index (χ3n) is 4.12. The van der Waals surface area contributed by atoms with Gasteiger partial charge in [-0.15, -0.1) is 5.10 Å². The first-order chi connectivity index (χ1) is 12.6. The summed E-state index contributed by atoms with van der Waals surface area (Å²) in [7, 11) is 0. The summed E-state index contributed by atoms with van der Waals surface area (Å²) in [6, 6.07) is 9.09. The summed E-state index contributed by atoms with van der Waals surface area (Å²) in [6.07, 6.45) is 0. The average Bonchev–Trinajstić information content (AvgIpc) is 3.03. The number of aromatic nitrogens is 4. The van der Waals surface area contributed by atoms with E-state index >= 15 is 0 Å². The topological polar surface area (TPSA) is 101 Å². The van der Waals surface area contributed by atoms with Crippen molar-refractivity contribution in [1.29, 1.82) is 0 Å². The number of hydrogen-bond donors (Lipinski definition) is 2. The Morgan fingerprint density at radius 2 is 1.59 bits per heavy atom. The maximum absolute atomic E-state index is 12.2. The van der Waals surface area contributed by atoms with Crippen LogP contribution in [0.25, 0.3) is 5.78 Å². The molecule has 0 aliphatic carbocycles. The fourth-order valence-corrected chi connectivity index (χ4v) is 2.63. The molecule has 0 spiro atoms. The van der Waals surface area contributed by atoms with E-state index in [2.05, 4.69) is 46.7 Å². The maximum atomic E-state index is 12.2. The number of nitrogens with zero attached hydrogens (tertiary/aromatic N) is 4. The Labute approximate surface area is 157 Å². The highest BCUT2D eigenvalue weighted by atomic mass is 16.2. The van der Waals surface area contributed by atoms with Gasteiger partial charge in [0.2, 0.25) is 5.82 Å². The number of rotatable bonds is 2. The van der Waals surface area contributed by atoms with Gasteiger partial charge in [-0.2, -0.15) is 4.98 Å². The van der Waals surface area contributed by atoms with E-state index in [1.807, 2.05) is 32.0 Å². The normalized spacial score (nSPS) is 11.4. The minimum atomic E-state index is -0.614. The van der Waals surface area contributed by atoms with Crippen molar-refractivity contribution in [1.82, 2.24) is 30.4 Å². The lowest BCUT2D eigenvalue weighted by molar-refractivity contribution is 0.0841. The van der Waals surface area contributed by atoms with Gasteiger partial charge in [-0.3, -0.25) is 20.4 Å². The third kappa shape index (κ3) is 3.94. The fraction of sp³-hybridized carbons (Fsp3) is 0.316. The van der Waals surface area contributed by atoms with Gasteiger partial charge >= 0.3 is 5.91 Å². The number of benzene rings is 1. The van der Waals surface area contributed by atoms with Crippen molar-refractivity contribution in [2.75, 3.05) is 0 Å². The van der Waals surface area contributed by atoms with Gasteiger partial charge in [-0.25, -0.2) is 9.50 Å². The van der Waals surface area contributed by atoms with Crippen LogP contribution in [0, 0.1) is 13.8 Å². The van der Waals surface area contributed by atoms with Crippen LogP contribution in [0.4, 0.5) is 0 Å². The number of hydrogen-bond acceptors (Lipinski definition) is 5. The predicted molar refractivity (Wildman–Crippen MR) is 100 cm³/mol. The Kier molecular flexibility index (Phi) is 4.65. The zero-order chi connectivity index (χ0) is 19.8. The molecular weight excluding hydrogens is 344 g/mol. The smallest absolute Gasteiger partial charge is 0.267 e. The van der Waals surface area contributed by atoms with Crippen LogP contribution >= 0.6 is 0 Å². The second-order valence-electron chi connectivity index (χ2n) is 7.42. The van der Waals surface area contributed by atoms with E-state index < -0.39 is 11.8 Å². The molecule has 0 saturated heterocycles. The van der Waals surface area contributed by atoms with Crippen molar-refractivity contribution in [3.05, 3.63) is 58.7 Å². The molecule has 8 nitrogen and oxygen atoms in total. The van der Waals surface area contributed by atoms with Gasteiger partial charge in [-0.05, 0) is 43.0 Å². The van der Waals surface area contributed by atoms with E-state index in [1.54, 1.807) is 12.1 Å². The zero-order valence-corrected chi connectivity index (χ0v) is 16.0. The third-order valence-corrected chi connectivity index (χ3v) is 4.12. The second-order valence-corrected chi connectivity index (χ2v) is 7.42. The van der Waals surface area contributed by atoms with Gasteiger partial charge in [0.1, 0.15) is 0 Å². The second kappa shape index (κ2) is 6.79. The molecule has 0 bridgehead atoms. The first-order valence-electron chi connectivity index (χ1n) is 8.57. The number of carbonyl (C=O) groups is 2. The molecule has 2 heterocycles. The molecule has 2 N–H and O–H groups in total. The summed E-state index contributed by atoms with van der Waals surface area (Å²) in [6.45, 7) is 9.99. The summed E-state index contributed by atoms with van der Waals surface area (Å²) < 4.78 is 1.48. The molecule has 140 valence electrons. The largest absolute Gasteiger partial charge is 0.309 e. The van der Waals surface area contributed by atoms with Crippen LogP contribution in [0.2, 0.25) is 0 Å². The highest BCUT2D eigenvalue weighted by molar-refractivity contribution is 5.97. The van der Waals surface area contributed by atoms with Crippen LogP contribution in [0.3, 0.4) is 0 Å². The monoisotopic (exact) mass is 366 g/mol. The fourth-order valence-electron chi connectivity index (χ4n) is 2.63. The summed E-state index contributed by atoms with van der Waals surface area (Å²) in [4.78, 5) is 32.8. The Morgan fingerprint density at radius 1 is 0.963 bits per heavy atom. The van der Waals surface area contributed by atoms with E-state index in [0.29, 0.717) is 11.3 Å². The molecule has 3 aromatic rings. The minimum absolute atomic E-state index is 0.00252. The molecule has 1 aromatic carbocycles. The molecule has 0 saturated carbocycles. The number of amides is 2. The predicted octanol–water partition coefficient (Wildman–Crippen LogP) is 2.11. The molecule has 0 aliphatic heterocycles. The number of fused-ring (bicyclic) bond motifs is 1. The highest BCUT2D eigenvalue weighted by Crippen LogP contribution is 2.22. The van der Waals surface area contributed by atoms with Crippen LogP contribution in [0.1, 0.15) is 58.7 Å². The van der Waals surface area contributed by atoms with Crippen molar-refractivity contribution < 1.29 is 9.59 Å². The van der Waals surface area contributed by atoms with Crippen LogP contribution in [-0.4, -0.2) is 31.4 Å². The first kappa shape index (κ1) is 18.5. The molecule has 2 amide bonds. The lowest BCUT2D eigenvalue weighted by Gasteiger charge is -2.19. The van der Waals surface area contributed by atoms with Crippen LogP contribution in [-0.2, 0) is 5.41 Å². The van der Waals surface area contributed by atoms with E-state index in [0.717, 1.165) is 17.0 Å². The van der Waals surface area contributed by atoms with E-state index in [-0.39, 0.29) is 11.2 Å². The van der Waals surface area contributed by atoms with Gasteiger partial charge < -0.3 is 0 Å². The molecule has 3 rings (SSSR count). The standard InChI is InChI=1S/C19H22N6O2/c1-11-10-12(2)25-18(20-11)21-15(24-25)17(27)23-22-16(26)13-6-8-14(9-7-13)19(3,4)5/h6-10H,1-5H3,(H,22,26)(H,23,27). The highest BCUT2D eigenvalue weighted by Gasteiger charge is 2.17. The molecule has 0 aliphatic rings.